The molecule has 0 aromatic heterocycles. The first-order chi connectivity index (χ1) is 8.90. The van der Waals surface area contributed by atoms with Crippen LogP contribution in [0.25, 0.3) is 4.48 Å². The summed E-state index contributed by atoms with van der Waals surface area (Å²) >= 11 is 3.02. The van der Waals surface area contributed by atoms with E-state index in [1.54, 1.807) is 24.3 Å². The molecule has 0 bridgehead atoms. The molecule has 0 radical (unpaired) electrons. The van der Waals surface area contributed by atoms with E-state index in [1.807, 2.05) is 0 Å². The minimum Gasteiger partial charge on any atom is -0.497 e. The maximum Gasteiger partial charge on any atom is 0.381 e. The minimum atomic E-state index is -3.67. The lowest BCUT2D eigenvalue weighted by molar-refractivity contribution is -0.164. The van der Waals surface area contributed by atoms with Crippen LogP contribution in [0, 0.1) is 0 Å². The zero-order valence-corrected chi connectivity index (χ0v) is 12.0. The number of benzene rings is 1. The van der Waals surface area contributed by atoms with Crippen molar-refractivity contribution in [1.29, 1.82) is 0 Å². The Bertz CT molecular complexity index is 469. The first-order valence-electron chi connectivity index (χ1n) is 5.48. The second-order valence-corrected chi connectivity index (χ2v) is 4.42. The van der Waals surface area contributed by atoms with E-state index in [4.69, 9.17) is 4.74 Å². The molecule has 0 unspecified atom stereocenters. The number of alkyl halides is 2. The summed E-state index contributed by atoms with van der Waals surface area (Å²) in [5.74, 6) is -4.63. The lowest BCUT2D eigenvalue weighted by atomic mass is 10.1. The van der Waals surface area contributed by atoms with Gasteiger partial charge in [0.25, 0.3) is 0 Å². The van der Waals surface area contributed by atoms with Crippen molar-refractivity contribution >= 4 is 26.4 Å². The van der Waals surface area contributed by atoms with Gasteiger partial charge in [-0.2, -0.15) is 8.78 Å². The molecule has 0 atom stereocenters. The fourth-order valence-corrected chi connectivity index (χ4v) is 1.83. The molecule has 104 valence electrons. The summed E-state index contributed by atoms with van der Waals surface area (Å²) in [6, 6.07) is 6.46. The van der Waals surface area contributed by atoms with Gasteiger partial charge >= 0.3 is 11.9 Å². The van der Waals surface area contributed by atoms with Crippen LogP contribution < -0.4 is 4.74 Å². The largest absolute Gasteiger partial charge is 0.497 e. The highest BCUT2D eigenvalue weighted by molar-refractivity contribution is 9.15. The SMILES string of the molecule is CCOC(=O)C(F)(F)/C=C(/Br)c1ccc(OC)cc1. The lowest BCUT2D eigenvalue weighted by Gasteiger charge is -2.11. The number of carbonyl (C=O) groups excluding carboxylic acids is 1. The molecule has 0 saturated heterocycles. The lowest BCUT2D eigenvalue weighted by Crippen LogP contribution is -2.28. The number of rotatable bonds is 5. The Kier molecular flexibility index (Phi) is 5.47. The van der Waals surface area contributed by atoms with Crippen LogP contribution in [-0.4, -0.2) is 25.6 Å². The van der Waals surface area contributed by atoms with Crippen LogP contribution in [0.4, 0.5) is 8.78 Å². The molecule has 0 aliphatic carbocycles. The summed E-state index contributed by atoms with van der Waals surface area (Å²) in [7, 11) is 1.51. The Morgan fingerprint density at radius 1 is 1.37 bits per heavy atom. The Morgan fingerprint density at radius 2 is 1.95 bits per heavy atom. The van der Waals surface area contributed by atoms with E-state index in [-0.39, 0.29) is 11.1 Å². The van der Waals surface area contributed by atoms with Crippen LogP contribution in [0.15, 0.2) is 30.3 Å². The smallest absolute Gasteiger partial charge is 0.381 e. The molecule has 19 heavy (non-hydrogen) atoms. The van der Waals surface area contributed by atoms with Crippen LogP contribution in [0.2, 0.25) is 0 Å². The summed E-state index contributed by atoms with van der Waals surface area (Å²) in [6.07, 6.45) is 0.521. The molecule has 1 rings (SSSR count). The van der Waals surface area contributed by atoms with Gasteiger partial charge in [0.15, 0.2) is 0 Å². The average molecular weight is 335 g/mol. The molecule has 0 saturated carbocycles. The normalized spacial score (nSPS) is 12.2. The minimum absolute atomic E-state index is 0.0948. The van der Waals surface area contributed by atoms with E-state index in [0.29, 0.717) is 17.4 Å². The highest BCUT2D eigenvalue weighted by Gasteiger charge is 2.38. The zero-order valence-electron chi connectivity index (χ0n) is 10.5. The first-order valence-corrected chi connectivity index (χ1v) is 6.28. The van der Waals surface area contributed by atoms with Gasteiger partial charge in [-0.3, -0.25) is 0 Å². The zero-order chi connectivity index (χ0) is 14.5. The van der Waals surface area contributed by atoms with Gasteiger partial charge in [0.2, 0.25) is 0 Å². The van der Waals surface area contributed by atoms with E-state index in [9.17, 15) is 13.6 Å². The standard InChI is InChI=1S/C13H13BrF2O3/c1-3-19-12(17)13(15,16)8-11(14)9-4-6-10(18-2)7-5-9/h4-8H,3H2,1-2H3/b11-8+. The molecule has 0 fully saturated rings. The van der Waals surface area contributed by atoms with Crippen LogP contribution in [-0.2, 0) is 9.53 Å². The summed E-state index contributed by atoms with van der Waals surface area (Å²) < 4.78 is 36.3. The van der Waals surface area contributed by atoms with E-state index < -0.39 is 11.9 Å². The summed E-state index contributed by atoms with van der Waals surface area (Å²) in [5.41, 5.74) is 0.504. The third-order valence-corrected chi connectivity index (χ3v) is 2.91. The van der Waals surface area contributed by atoms with Crippen molar-refractivity contribution in [1.82, 2.24) is 0 Å². The predicted octanol–water partition coefficient (Wildman–Crippen LogP) is 3.63. The highest BCUT2D eigenvalue weighted by atomic mass is 79.9. The second-order valence-electron chi connectivity index (χ2n) is 3.56. The van der Waals surface area contributed by atoms with Gasteiger partial charge in [-0.15, -0.1) is 0 Å². The third kappa shape index (κ3) is 4.31. The van der Waals surface area contributed by atoms with Gasteiger partial charge in [0.05, 0.1) is 13.7 Å². The van der Waals surface area contributed by atoms with Gasteiger partial charge in [-0.05, 0) is 24.6 Å². The van der Waals surface area contributed by atoms with E-state index in [0.717, 1.165) is 0 Å². The maximum absolute atomic E-state index is 13.5. The van der Waals surface area contributed by atoms with Crippen LogP contribution in [0.1, 0.15) is 12.5 Å². The van der Waals surface area contributed by atoms with Crippen molar-refractivity contribution in [2.75, 3.05) is 13.7 Å². The van der Waals surface area contributed by atoms with Crippen molar-refractivity contribution in [3.63, 3.8) is 0 Å². The molecule has 0 N–H and O–H groups in total. The van der Waals surface area contributed by atoms with Crippen LogP contribution in [0.3, 0.4) is 0 Å². The van der Waals surface area contributed by atoms with Crippen molar-refractivity contribution < 1.29 is 23.0 Å². The Hall–Kier alpha value is -1.43. The van der Waals surface area contributed by atoms with Gasteiger partial charge in [0, 0.05) is 10.6 Å². The number of esters is 1. The average Bonchev–Trinajstić information content (AvgIpc) is 2.38. The molecular weight excluding hydrogens is 322 g/mol. The molecule has 1 aromatic carbocycles. The van der Waals surface area contributed by atoms with Crippen LogP contribution in [0.5, 0.6) is 5.75 Å². The summed E-state index contributed by atoms with van der Waals surface area (Å²) in [4.78, 5) is 11.1. The van der Waals surface area contributed by atoms with Crippen molar-refractivity contribution in [3.05, 3.63) is 35.9 Å². The maximum atomic E-state index is 13.5. The number of hydrogen-bond donors (Lipinski definition) is 0. The molecule has 0 aliphatic rings. The number of halogens is 3. The Morgan fingerprint density at radius 3 is 2.42 bits per heavy atom. The predicted molar refractivity (Wildman–Crippen MR) is 71.5 cm³/mol. The number of hydrogen-bond acceptors (Lipinski definition) is 3. The van der Waals surface area contributed by atoms with E-state index in [1.165, 1.54) is 14.0 Å². The fraction of sp³-hybridized carbons (Fsp3) is 0.308. The molecular formula is C13H13BrF2O3. The van der Waals surface area contributed by atoms with Crippen molar-refractivity contribution in [2.24, 2.45) is 0 Å². The molecule has 0 amide bonds. The quantitative estimate of drug-likeness (QED) is 0.771. The summed E-state index contributed by atoms with van der Waals surface area (Å²) in [5, 5.41) is 0. The monoisotopic (exact) mass is 334 g/mol. The first kappa shape index (κ1) is 15.6. The topological polar surface area (TPSA) is 35.5 Å². The van der Waals surface area contributed by atoms with Crippen LogP contribution >= 0.6 is 15.9 Å². The molecule has 0 spiro atoms. The molecule has 0 aliphatic heterocycles. The molecule has 3 nitrogen and oxygen atoms in total. The summed E-state index contributed by atoms with van der Waals surface area (Å²) in [6.45, 7) is 1.37. The second kappa shape index (κ2) is 6.65. The third-order valence-electron chi connectivity index (χ3n) is 2.22. The van der Waals surface area contributed by atoms with Gasteiger partial charge < -0.3 is 9.47 Å². The Balaban J connectivity index is 2.93. The van der Waals surface area contributed by atoms with E-state index >= 15 is 0 Å². The number of methoxy groups -OCH3 is 1. The molecule has 1 aromatic rings. The Labute approximate surface area is 118 Å². The number of carbonyl (C=O) groups is 1. The highest BCUT2D eigenvalue weighted by Crippen LogP contribution is 2.29. The van der Waals surface area contributed by atoms with Crippen molar-refractivity contribution in [2.45, 2.75) is 12.8 Å². The number of ether oxygens (including phenoxy) is 2. The van der Waals surface area contributed by atoms with Crippen molar-refractivity contribution in [3.8, 4) is 5.75 Å². The fourth-order valence-electron chi connectivity index (χ4n) is 1.28. The molecule has 6 heteroatoms. The van der Waals surface area contributed by atoms with Gasteiger partial charge in [0.1, 0.15) is 5.75 Å². The van der Waals surface area contributed by atoms with E-state index in [2.05, 4.69) is 20.7 Å². The van der Waals surface area contributed by atoms with Gasteiger partial charge in [-0.1, -0.05) is 28.1 Å². The molecule has 0 heterocycles. The van der Waals surface area contributed by atoms with Gasteiger partial charge in [-0.25, -0.2) is 4.79 Å².